The van der Waals surface area contributed by atoms with Crippen molar-refractivity contribution in [3.05, 3.63) is 24.3 Å². The maximum atomic E-state index is 11.7. The molecule has 0 amide bonds. The summed E-state index contributed by atoms with van der Waals surface area (Å²) in [5, 5.41) is 0. The van der Waals surface area contributed by atoms with Gasteiger partial charge in [0.1, 0.15) is 0 Å². The van der Waals surface area contributed by atoms with Gasteiger partial charge in [-0.15, -0.1) is 0 Å². The van der Waals surface area contributed by atoms with E-state index in [9.17, 15) is 4.79 Å². The summed E-state index contributed by atoms with van der Waals surface area (Å²) < 4.78 is 5.31. The van der Waals surface area contributed by atoms with Crippen LogP contribution in [-0.2, 0) is 9.53 Å². The molecule has 0 atom stereocenters. The lowest BCUT2D eigenvalue weighted by molar-refractivity contribution is -0.145. The fourth-order valence-electron chi connectivity index (χ4n) is 3.55. The standard InChI is InChI=1S/C24H42O2S/c25-24(23-19-15-16-20-23)26-21-17-13-11-9-7-5-3-1-2-4-6-8-10-12-14-18-22-27/h15-16,19-20,23,27H,1-14,17-18,21-22H2. The van der Waals surface area contributed by atoms with Crippen molar-refractivity contribution in [3.8, 4) is 0 Å². The Morgan fingerprint density at radius 3 is 1.41 bits per heavy atom. The van der Waals surface area contributed by atoms with Crippen LogP contribution in [0.2, 0.25) is 0 Å². The SMILES string of the molecule is O=C(OCCCCCCCCCCCCCCCCCCS)C1C=CC=C1. The molecule has 0 fully saturated rings. The first-order valence-corrected chi connectivity index (χ1v) is 12.1. The third-order valence-corrected chi connectivity index (χ3v) is 5.63. The van der Waals surface area contributed by atoms with Crippen LogP contribution in [-0.4, -0.2) is 18.3 Å². The zero-order chi connectivity index (χ0) is 19.4. The van der Waals surface area contributed by atoms with E-state index >= 15 is 0 Å². The van der Waals surface area contributed by atoms with Gasteiger partial charge in [-0.3, -0.25) is 4.79 Å². The molecule has 1 rings (SSSR count). The normalized spacial score (nSPS) is 13.5. The molecule has 0 aliphatic heterocycles. The molecule has 27 heavy (non-hydrogen) atoms. The third-order valence-electron chi connectivity index (χ3n) is 5.32. The molecule has 156 valence electrons. The molecular weight excluding hydrogens is 352 g/mol. The number of unbranched alkanes of at least 4 members (excludes halogenated alkanes) is 15. The summed E-state index contributed by atoms with van der Waals surface area (Å²) in [6.45, 7) is 0.576. The van der Waals surface area contributed by atoms with Crippen LogP contribution in [0.1, 0.15) is 103 Å². The Labute approximate surface area is 173 Å². The molecule has 0 radical (unpaired) electrons. The molecule has 0 saturated heterocycles. The zero-order valence-electron chi connectivity index (χ0n) is 17.4. The molecule has 0 aromatic carbocycles. The number of hydrogen-bond acceptors (Lipinski definition) is 3. The first kappa shape index (κ1) is 24.3. The summed E-state index contributed by atoms with van der Waals surface area (Å²) in [4.78, 5) is 11.7. The van der Waals surface area contributed by atoms with Crippen LogP contribution in [0.15, 0.2) is 24.3 Å². The van der Waals surface area contributed by atoms with Crippen LogP contribution >= 0.6 is 12.6 Å². The van der Waals surface area contributed by atoms with Crippen LogP contribution < -0.4 is 0 Å². The first-order chi connectivity index (χ1) is 13.3. The molecule has 0 heterocycles. The number of carbonyl (C=O) groups excluding carboxylic acids is 1. The Balaban J connectivity index is 1.69. The van der Waals surface area contributed by atoms with E-state index in [0.717, 1.165) is 12.2 Å². The van der Waals surface area contributed by atoms with Gasteiger partial charge in [-0.05, 0) is 18.6 Å². The van der Waals surface area contributed by atoms with E-state index in [1.165, 1.54) is 96.3 Å². The van der Waals surface area contributed by atoms with Crippen molar-refractivity contribution in [2.24, 2.45) is 5.92 Å². The van der Waals surface area contributed by atoms with E-state index in [0.29, 0.717) is 6.61 Å². The number of esters is 1. The van der Waals surface area contributed by atoms with Gasteiger partial charge in [-0.1, -0.05) is 114 Å². The molecule has 3 heteroatoms. The lowest BCUT2D eigenvalue weighted by Crippen LogP contribution is -2.13. The molecule has 1 aliphatic rings. The number of ether oxygens (including phenoxy) is 1. The summed E-state index contributed by atoms with van der Waals surface area (Å²) in [5.74, 6) is 0.799. The second-order valence-electron chi connectivity index (χ2n) is 7.84. The molecule has 0 bridgehead atoms. The maximum absolute atomic E-state index is 11.7. The van der Waals surface area contributed by atoms with Crippen LogP contribution in [0.25, 0.3) is 0 Å². The molecule has 0 aromatic heterocycles. The summed E-state index contributed by atoms with van der Waals surface area (Å²) in [5.41, 5.74) is 0. The van der Waals surface area contributed by atoms with E-state index < -0.39 is 0 Å². The van der Waals surface area contributed by atoms with E-state index in [1.807, 2.05) is 24.3 Å². The van der Waals surface area contributed by atoms with Crippen molar-refractivity contribution in [1.82, 2.24) is 0 Å². The van der Waals surface area contributed by atoms with Crippen LogP contribution in [0.5, 0.6) is 0 Å². The third kappa shape index (κ3) is 15.0. The topological polar surface area (TPSA) is 26.3 Å². The summed E-state index contributed by atoms with van der Waals surface area (Å²) >= 11 is 4.25. The summed E-state index contributed by atoms with van der Waals surface area (Å²) in [7, 11) is 0. The van der Waals surface area contributed by atoms with Crippen molar-refractivity contribution < 1.29 is 9.53 Å². The van der Waals surface area contributed by atoms with Gasteiger partial charge in [0.2, 0.25) is 0 Å². The molecule has 0 saturated carbocycles. The van der Waals surface area contributed by atoms with Crippen molar-refractivity contribution in [2.75, 3.05) is 12.4 Å². The number of hydrogen-bond donors (Lipinski definition) is 1. The minimum Gasteiger partial charge on any atom is -0.465 e. The van der Waals surface area contributed by atoms with Crippen LogP contribution in [0.3, 0.4) is 0 Å². The molecule has 1 aliphatic carbocycles. The van der Waals surface area contributed by atoms with Gasteiger partial charge in [0, 0.05) is 0 Å². The number of rotatable bonds is 19. The Hall–Kier alpha value is -0.700. The van der Waals surface area contributed by atoms with Gasteiger partial charge >= 0.3 is 5.97 Å². The Morgan fingerprint density at radius 1 is 0.630 bits per heavy atom. The van der Waals surface area contributed by atoms with Gasteiger partial charge in [-0.2, -0.15) is 12.6 Å². The molecular formula is C24H42O2S. The minimum atomic E-state index is -0.145. The highest BCUT2D eigenvalue weighted by atomic mass is 32.1. The Kier molecular flexibility index (Phi) is 16.8. The number of allylic oxidation sites excluding steroid dienone is 2. The smallest absolute Gasteiger partial charge is 0.316 e. The minimum absolute atomic E-state index is 0.103. The monoisotopic (exact) mass is 394 g/mol. The number of carbonyl (C=O) groups is 1. The zero-order valence-corrected chi connectivity index (χ0v) is 18.3. The molecule has 0 N–H and O–H groups in total. The van der Waals surface area contributed by atoms with Gasteiger partial charge in [0.05, 0.1) is 12.5 Å². The van der Waals surface area contributed by atoms with Crippen molar-refractivity contribution in [1.29, 1.82) is 0 Å². The van der Waals surface area contributed by atoms with Crippen molar-refractivity contribution >= 4 is 18.6 Å². The largest absolute Gasteiger partial charge is 0.465 e. The van der Waals surface area contributed by atoms with Gasteiger partial charge in [-0.25, -0.2) is 0 Å². The summed E-state index contributed by atoms with van der Waals surface area (Å²) in [6.07, 6.45) is 29.1. The molecule has 2 nitrogen and oxygen atoms in total. The average Bonchev–Trinajstić information content (AvgIpc) is 3.22. The quantitative estimate of drug-likeness (QED) is 0.140. The maximum Gasteiger partial charge on any atom is 0.316 e. The fraction of sp³-hybridized carbons (Fsp3) is 0.792. The fourth-order valence-corrected chi connectivity index (χ4v) is 3.77. The van der Waals surface area contributed by atoms with E-state index in [-0.39, 0.29) is 11.9 Å². The average molecular weight is 395 g/mol. The van der Waals surface area contributed by atoms with E-state index in [1.54, 1.807) is 0 Å². The van der Waals surface area contributed by atoms with Crippen molar-refractivity contribution in [3.63, 3.8) is 0 Å². The highest BCUT2D eigenvalue weighted by Gasteiger charge is 2.14. The molecule has 0 aromatic rings. The highest BCUT2D eigenvalue weighted by Crippen LogP contribution is 2.14. The number of thiol groups is 1. The predicted molar refractivity (Wildman–Crippen MR) is 120 cm³/mol. The van der Waals surface area contributed by atoms with E-state index in [2.05, 4.69) is 12.6 Å². The predicted octanol–water partition coefficient (Wildman–Crippen LogP) is 7.44. The summed E-state index contributed by atoms with van der Waals surface area (Å²) in [6, 6.07) is 0. The lowest BCUT2D eigenvalue weighted by Gasteiger charge is -2.07. The Bertz CT molecular complexity index is 391. The second-order valence-corrected chi connectivity index (χ2v) is 8.29. The molecule has 0 unspecified atom stereocenters. The Morgan fingerprint density at radius 2 is 1.00 bits per heavy atom. The lowest BCUT2D eigenvalue weighted by atomic mass is 10.0. The van der Waals surface area contributed by atoms with Gasteiger partial charge < -0.3 is 4.74 Å². The van der Waals surface area contributed by atoms with Crippen LogP contribution in [0.4, 0.5) is 0 Å². The second kappa shape index (κ2) is 18.7. The van der Waals surface area contributed by atoms with Gasteiger partial charge in [0.15, 0.2) is 0 Å². The van der Waals surface area contributed by atoms with Gasteiger partial charge in [0.25, 0.3) is 0 Å². The first-order valence-electron chi connectivity index (χ1n) is 11.5. The van der Waals surface area contributed by atoms with Crippen LogP contribution in [0, 0.1) is 5.92 Å². The van der Waals surface area contributed by atoms with Crippen molar-refractivity contribution in [2.45, 2.75) is 103 Å². The van der Waals surface area contributed by atoms with E-state index in [4.69, 9.17) is 4.74 Å². The molecule has 0 spiro atoms. The highest BCUT2D eigenvalue weighted by molar-refractivity contribution is 7.80.